The second-order valence-corrected chi connectivity index (χ2v) is 19.8. The molecule has 0 unspecified atom stereocenters. The molecule has 0 aromatic heterocycles. The van der Waals surface area contributed by atoms with Gasteiger partial charge in [-0.2, -0.15) is 0 Å². The maximum atomic E-state index is 12.3. The summed E-state index contributed by atoms with van der Waals surface area (Å²) in [7, 11) is 12.8. The number of unbranched alkanes of at least 4 members (excludes halogenated alkanes) is 22. The Kier molecular flexibility index (Phi) is 37.2. The SMILES string of the molecule is CCCCCCCCCCCCCC[N+](C)(C)CCCC(=O)NCCSSCCNC(=O)CCC[N+](C)(C)CCCCCCCCCCCCCC. The Bertz CT molecular complexity index is 732. The standard InChI is InChI=1S/C44H90N4O2S2/c1-7-9-11-13-15-17-19-21-23-25-27-29-37-47(3,4)39-31-33-43(49)45-35-41-51-52-42-36-46-44(50)34-32-40-48(5,6)38-30-28-26-24-22-20-18-16-14-12-10-8-2/h7-42H2,1-6H3/p+2. The van der Waals surface area contributed by atoms with Gasteiger partial charge in [0.1, 0.15) is 0 Å². The lowest BCUT2D eigenvalue weighted by Gasteiger charge is -2.29. The number of nitrogens with zero attached hydrogens (tertiary/aromatic N) is 2. The van der Waals surface area contributed by atoms with E-state index in [0.29, 0.717) is 25.9 Å². The number of hydrogen-bond donors (Lipinski definition) is 2. The fraction of sp³-hybridized carbons (Fsp3) is 0.955. The fourth-order valence-electron chi connectivity index (χ4n) is 7.08. The quantitative estimate of drug-likeness (QED) is 0.0369. The first-order valence-corrected chi connectivity index (χ1v) is 25.0. The van der Waals surface area contributed by atoms with E-state index in [1.807, 2.05) is 0 Å². The molecule has 0 aromatic rings. The van der Waals surface area contributed by atoms with Crippen molar-refractivity contribution in [2.75, 3.05) is 79.0 Å². The molecule has 0 saturated heterocycles. The minimum atomic E-state index is 0.180. The van der Waals surface area contributed by atoms with E-state index in [1.54, 1.807) is 21.6 Å². The normalized spacial score (nSPS) is 12.0. The van der Waals surface area contributed by atoms with Gasteiger partial charge in [0.15, 0.2) is 0 Å². The molecule has 0 radical (unpaired) electrons. The summed E-state index contributed by atoms with van der Waals surface area (Å²) >= 11 is 0. The van der Waals surface area contributed by atoms with Crippen molar-refractivity contribution in [3.8, 4) is 0 Å². The highest BCUT2D eigenvalue weighted by Crippen LogP contribution is 2.19. The van der Waals surface area contributed by atoms with Gasteiger partial charge in [-0.3, -0.25) is 9.59 Å². The molecule has 6 nitrogen and oxygen atoms in total. The van der Waals surface area contributed by atoms with Crippen LogP contribution >= 0.6 is 21.6 Å². The molecule has 0 aliphatic rings. The van der Waals surface area contributed by atoms with Gasteiger partial charge in [-0.1, -0.05) is 164 Å². The van der Waals surface area contributed by atoms with E-state index in [9.17, 15) is 9.59 Å². The van der Waals surface area contributed by atoms with Crippen LogP contribution in [0.1, 0.15) is 194 Å². The lowest BCUT2D eigenvalue weighted by atomic mass is 10.1. The summed E-state index contributed by atoms with van der Waals surface area (Å²) < 4.78 is 2.04. The summed E-state index contributed by atoms with van der Waals surface area (Å²) in [6.07, 6.45) is 36.6. The number of nitrogens with one attached hydrogen (secondary N) is 2. The number of amides is 2. The molecular weight excluding hydrogens is 681 g/mol. The third-order valence-electron chi connectivity index (χ3n) is 10.7. The van der Waals surface area contributed by atoms with E-state index in [-0.39, 0.29) is 11.8 Å². The highest BCUT2D eigenvalue weighted by atomic mass is 33.1. The predicted molar refractivity (Wildman–Crippen MR) is 235 cm³/mol. The molecule has 2 N–H and O–H groups in total. The van der Waals surface area contributed by atoms with E-state index in [0.717, 1.165) is 46.4 Å². The largest absolute Gasteiger partial charge is 0.355 e. The first kappa shape index (κ1) is 51.6. The zero-order valence-electron chi connectivity index (χ0n) is 36.0. The topological polar surface area (TPSA) is 58.2 Å². The van der Waals surface area contributed by atoms with Crippen LogP contribution in [0.2, 0.25) is 0 Å². The van der Waals surface area contributed by atoms with Crippen LogP contribution in [0.15, 0.2) is 0 Å². The van der Waals surface area contributed by atoms with Crippen molar-refractivity contribution in [1.29, 1.82) is 0 Å². The molecule has 0 fully saturated rings. The zero-order valence-corrected chi connectivity index (χ0v) is 37.6. The maximum Gasteiger partial charge on any atom is 0.220 e. The van der Waals surface area contributed by atoms with Crippen LogP contribution in [-0.4, -0.2) is 99.7 Å². The van der Waals surface area contributed by atoms with E-state index in [1.165, 1.54) is 167 Å². The zero-order chi connectivity index (χ0) is 38.4. The summed E-state index contributed by atoms with van der Waals surface area (Å²) in [5, 5.41) is 6.18. The molecule has 8 heteroatoms. The summed E-state index contributed by atoms with van der Waals surface area (Å²) in [6, 6.07) is 0. The van der Waals surface area contributed by atoms with Gasteiger partial charge in [0.05, 0.1) is 54.4 Å². The van der Waals surface area contributed by atoms with Crippen LogP contribution in [0.4, 0.5) is 0 Å². The molecule has 310 valence electrons. The molecule has 0 bridgehead atoms. The lowest BCUT2D eigenvalue weighted by Crippen LogP contribution is -2.41. The van der Waals surface area contributed by atoms with Crippen LogP contribution < -0.4 is 10.6 Å². The van der Waals surface area contributed by atoms with Crippen LogP contribution in [0.3, 0.4) is 0 Å². The molecule has 0 heterocycles. The highest BCUT2D eigenvalue weighted by Gasteiger charge is 2.16. The third kappa shape index (κ3) is 39.3. The molecule has 2 amide bonds. The number of carbonyl (C=O) groups is 2. The molecule has 0 aliphatic heterocycles. The molecule has 0 aliphatic carbocycles. The molecule has 0 rings (SSSR count). The van der Waals surface area contributed by atoms with E-state index >= 15 is 0 Å². The second-order valence-electron chi connectivity index (χ2n) is 17.1. The number of hydrogen-bond acceptors (Lipinski definition) is 4. The molecule has 0 aromatic carbocycles. The van der Waals surface area contributed by atoms with Crippen LogP contribution in [0.25, 0.3) is 0 Å². The predicted octanol–water partition coefficient (Wildman–Crippen LogP) is 11.7. The minimum absolute atomic E-state index is 0.180. The van der Waals surface area contributed by atoms with Crippen LogP contribution in [-0.2, 0) is 9.59 Å². The van der Waals surface area contributed by atoms with Crippen molar-refractivity contribution < 1.29 is 18.6 Å². The first-order chi connectivity index (χ1) is 25.1. The average Bonchev–Trinajstić information content (AvgIpc) is 3.10. The molecule has 52 heavy (non-hydrogen) atoms. The maximum absolute atomic E-state index is 12.3. The monoisotopic (exact) mass is 773 g/mol. The Morgan fingerprint density at radius 2 is 0.635 bits per heavy atom. The molecule has 0 saturated carbocycles. The van der Waals surface area contributed by atoms with Gasteiger partial charge in [-0.15, -0.1) is 0 Å². The first-order valence-electron chi connectivity index (χ1n) is 22.5. The summed E-state index contributed by atoms with van der Waals surface area (Å²) in [5.74, 6) is 2.16. The van der Waals surface area contributed by atoms with Crippen molar-refractivity contribution in [2.45, 2.75) is 194 Å². The van der Waals surface area contributed by atoms with Gasteiger partial charge in [0.2, 0.25) is 11.8 Å². The van der Waals surface area contributed by atoms with E-state index in [4.69, 9.17) is 0 Å². The highest BCUT2D eigenvalue weighted by molar-refractivity contribution is 8.76. The number of quaternary nitrogens is 2. The van der Waals surface area contributed by atoms with Gasteiger partial charge in [0.25, 0.3) is 0 Å². The summed E-state index contributed by atoms with van der Waals surface area (Å²) in [5.41, 5.74) is 0. The van der Waals surface area contributed by atoms with Crippen molar-refractivity contribution >= 4 is 33.4 Å². The van der Waals surface area contributed by atoms with Gasteiger partial charge < -0.3 is 19.6 Å². The van der Waals surface area contributed by atoms with Gasteiger partial charge in [0, 0.05) is 50.3 Å². The average molecular weight is 773 g/mol. The van der Waals surface area contributed by atoms with Crippen LogP contribution in [0, 0.1) is 0 Å². The number of carbonyl (C=O) groups excluding carboxylic acids is 2. The fourth-order valence-corrected chi connectivity index (χ4v) is 8.89. The summed E-state index contributed by atoms with van der Waals surface area (Å²) in [4.78, 5) is 24.7. The van der Waals surface area contributed by atoms with Crippen LogP contribution in [0.5, 0.6) is 0 Å². The lowest BCUT2D eigenvalue weighted by molar-refractivity contribution is -0.890. The van der Waals surface area contributed by atoms with Crippen molar-refractivity contribution in [1.82, 2.24) is 10.6 Å². The molecule has 0 spiro atoms. The molecular formula is C44H92N4O2S2+2. The second kappa shape index (κ2) is 37.5. The Hall–Kier alpha value is -0.440. The Morgan fingerprint density at radius 3 is 0.923 bits per heavy atom. The van der Waals surface area contributed by atoms with E-state index in [2.05, 4.69) is 52.7 Å². The Balaban J connectivity index is 3.57. The smallest absolute Gasteiger partial charge is 0.220 e. The van der Waals surface area contributed by atoms with Crippen molar-refractivity contribution in [2.24, 2.45) is 0 Å². The minimum Gasteiger partial charge on any atom is -0.355 e. The Morgan fingerprint density at radius 1 is 0.385 bits per heavy atom. The van der Waals surface area contributed by atoms with Gasteiger partial charge in [-0.05, 0) is 25.7 Å². The van der Waals surface area contributed by atoms with Crippen molar-refractivity contribution in [3.63, 3.8) is 0 Å². The molecule has 0 atom stereocenters. The number of rotatable bonds is 41. The van der Waals surface area contributed by atoms with Gasteiger partial charge >= 0.3 is 0 Å². The van der Waals surface area contributed by atoms with Gasteiger partial charge in [-0.25, -0.2) is 0 Å². The van der Waals surface area contributed by atoms with Crippen molar-refractivity contribution in [3.05, 3.63) is 0 Å². The van der Waals surface area contributed by atoms with E-state index < -0.39 is 0 Å². The third-order valence-corrected chi connectivity index (χ3v) is 13.1. The summed E-state index contributed by atoms with van der Waals surface area (Å²) in [6.45, 7) is 10.6. The Labute approximate surface area is 333 Å².